The first kappa shape index (κ1) is 21.4. The summed E-state index contributed by atoms with van der Waals surface area (Å²) >= 11 is 6.08. The van der Waals surface area contributed by atoms with Gasteiger partial charge in [0.15, 0.2) is 0 Å². The number of benzene rings is 2. The maximum Gasteiger partial charge on any atom is 0.337 e. The fourth-order valence-corrected chi connectivity index (χ4v) is 5.12. The standard InChI is InChI=1S/C20H23ClN2O5S/c1-27-17-6-4-16(5-7-17)23-11-9-15(10-12-23)22-29(25,26)19-13-14(20(24)28-2)3-8-18(19)21/h3-8,13,15,22H,9-12H2,1-2H3. The minimum atomic E-state index is -3.87. The van der Waals surface area contributed by atoms with Gasteiger partial charge in [-0.05, 0) is 55.3 Å². The van der Waals surface area contributed by atoms with Crippen molar-refractivity contribution in [2.24, 2.45) is 0 Å². The molecule has 0 radical (unpaired) electrons. The number of hydrogen-bond donors (Lipinski definition) is 1. The Morgan fingerprint density at radius 2 is 1.76 bits per heavy atom. The molecule has 1 aliphatic heterocycles. The summed E-state index contributed by atoms with van der Waals surface area (Å²) in [4.78, 5) is 13.8. The zero-order chi connectivity index (χ0) is 21.0. The number of halogens is 1. The number of rotatable bonds is 6. The van der Waals surface area contributed by atoms with E-state index in [2.05, 4.69) is 14.4 Å². The van der Waals surface area contributed by atoms with Gasteiger partial charge in [-0.15, -0.1) is 0 Å². The van der Waals surface area contributed by atoms with Crippen LogP contribution in [-0.4, -0.2) is 47.7 Å². The SMILES string of the molecule is COC(=O)c1ccc(Cl)c(S(=O)(=O)NC2CCN(c3ccc(OC)cc3)CC2)c1. The number of carbonyl (C=O) groups is 1. The zero-order valence-electron chi connectivity index (χ0n) is 16.2. The molecule has 3 rings (SSSR count). The molecule has 29 heavy (non-hydrogen) atoms. The second-order valence-electron chi connectivity index (χ2n) is 6.72. The molecule has 0 spiro atoms. The van der Waals surface area contributed by atoms with Gasteiger partial charge >= 0.3 is 5.97 Å². The van der Waals surface area contributed by atoms with Crippen LogP contribution in [-0.2, 0) is 14.8 Å². The van der Waals surface area contributed by atoms with Crippen molar-refractivity contribution < 1.29 is 22.7 Å². The third-order valence-electron chi connectivity index (χ3n) is 4.90. The lowest BCUT2D eigenvalue weighted by atomic mass is 10.1. The average Bonchev–Trinajstić information content (AvgIpc) is 2.73. The fraction of sp³-hybridized carbons (Fsp3) is 0.350. The van der Waals surface area contributed by atoms with Crippen LogP contribution in [0, 0.1) is 0 Å². The highest BCUT2D eigenvalue weighted by molar-refractivity contribution is 7.89. The molecule has 1 fully saturated rings. The van der Waals surface area contributed by atoms with E-state index in [1.54, 1.807) is 7.11 Å². The molecule has 0 amide bonds. The minimum absolute atomic E-state index is 0.0563. The van der Waals surface area contributed by atoms with Gasteiger partial charge in [0, 0.05) is 24.8 Å². The number of piperidine rings is 1. The summed E-state index contributed by atoms with van der Waals surface area (Å²) in [6.45, 7) is 1.44. The van der Waals surface area contributed by atoms with Crippen LogP contribution in [0.3, 0.4) is 0 Å². The lowest BCUT2D eigenvalue weighted by Crippen LogP contribution is -2.44. The Labute approximate surface area is 175 Å². The Hall–Kier alpha value is -2.29. The summed E-state index contributed by atoms with van der Waals surface area (Å²) in [5.74, 6) is 0.174. The van der Waals surface area contributed by atoms with E-state index in [4.69, 9.17) is 16.3 Å². The first-order chi connectivity index (χ1) is 13.8. The van der Waals surface area contributed by atoms with Crippen molar-refractivity contribution in [1.82, 2.24) is 4.72 Å². The molecule has 0 aromatic heterocycles. The summed E-state index contributed by atoms with van der Waals surface area (Å²) in [6.07, 6.45) is 1.30. The highest BCUT2D eigenvalue weighted by Gasteiger charge is 2.27. The van der Waals surface area contributed by atoms with Gasteiger partial charge in [0.25, 0.3) is 0 Å². The Bertz CT molecular complexity index is 971. The van der Waals surface area contributed by atoms with E-state index in [0.717, 1.165) is 24.5 Å². The van der Waals surface area contributed by atoms with Crippen molar-refractivity contribution in [3.8, 4) is 5.75 Å². The second-order valence-corrected chi connectivity index (χ2v) is 8.81. The molecule has 156 valence electrons. The van der Waals surface area contributed by atoms with Gasteiger partial charge in [-0.1, -0.05) is 11.6 Å². The van der Waals surface area contributed by atoms with E-state index >= 15 is 0 Å². The van der Waals surface area contributed by atoms with E-state index in [-0.39, 0.29) is 21.5 Å². The Balaban J connectivity index is 1.67. The van der Waals surface area contributed by atoms with Gasteiger partial charge < -0.3 is 14.4 Å². The van der Waals surface area contributed by atoms with Crippen molar-refractivity contribution in [2.45, 2.75) is 23.8 Å². The predicted molar refractivity (Wildman–Crippen MR) is 111 cm³/mol. The van der Waals surface area contributed by atoms with Gasteiger partial charge in [0.05, 0.1) is 24.8 Å². The summed E-state index contributed by atoms with van der Waals surface area (Å²) in [6, 6.07) is 11.6. The van der Waals surface area contributed by atoms with Crippen molar-refractivity contribution in [2.75, 3.05) is 32.2 Å². The molecule has 1 aliphatic rings. The third kappa shape index (κ3) is 5.01. The van der Waals surface area contributed by atoms with Crippen molar-refractivity contribution >= 4 is 33.3 Å². The maximum absolute atomic E-state index is 12.8. The maximum atomic E-state index is 12.8. The van der Waals surface area contributed by atoms with E-state index in [0.29, 0.717) is 12.8 Å². The molecular weight excluding hydrogens is 416 g/mol. The normalized spacial score (nSPS) is 15.2. The molecule has 2 aromatic carbocycles. The number of methoxy groups -OCH3 is 2. The van der Waals surface area contributed by atoms with Gasteiger partial charge in [0.1, 0.15) is 10.6 Å². The molecule has 1 saturated heterocycles. The van der Waals surface area contributed by atoms with E-state index < -0.39 is 16.0 Å². The smallest absolute Gasteiger partial charge is 0.337 e. The molecule has 9 heteroatoms. The molecule has 1 heterocycles. The van der Waals surface area contributed by atoms with Crippen LogP contribution in [0.5, 0.6) is 5.75 Å². The molecular formula is C20H23ClN2O5S. The van der Waals surface area contributed by atoms with Crippen LogP contribution < -0.4 is 14.4 Å². The van der Waals surface area contributed by atoms with Crippen molar-refractivity contribution in [1.29, 1.82) is 0 Å². The van der Waals surface area contributed by atoms with Crippen LogP contribution in [0.2, 0.25) is 5.02 Å². The number of ether oxygens (including phenoxy) is 2. The van der Waals surface area contributed by atoms with E-state index in [9.17, 15) is 13.2 Å². The number of anilines is 1. The van der Waals surface area contributed by atoms with Crippen LogP contribution in [0.1, 0.15) is 23.2 Å². The molecule has 0 atom stereocenters. The summed E-state index contributed by atoms with van der Waals surface area (Å²) in [7, 11) is -1.01. The van der Waals surface area contributed by atoms with Gasteiger partial charge in [-0.2, -0.15) is 0 Å². The fourth-order valence-electron chi connectivity index (χ4n) is 3.29. The molecule has 7 nitrogen and oxygen atoms in total. The van der Waals surface area contributed by atoms with Crippen molar-refractivity contribution in [3.63, 3.8) is 0 Å². The summed E-state index contributed by atoms with van der Waals surface area (Å²) in [5, 5.41) is 0.0563. The Morgan fingerprint density at radius 1 is 1.10 bits per heavy atom. The second kappa shape index (κ2) is 9.02. The zero-order valence-corrected chi connectivity index (χ0v) is 17.8. The van der Waals surface area contributed by atoms with Crippen LogP contribution in [0.25, 0.3) is 0 Å². The molecule has 0 saturated carbocycles. The molecule has 2 aromatic rings. The molecule has 0 bridgehead atoms. The minimum Gasteiger partial charge on any atom is -0.497 e. The Morgan fingerprint density at radius 3 is 2.34 bits per heavy atom. The number of esters is 1. The van der Waals surface area contributed by atoms with Gasteiger partial charge in [-0.3, -0.25) is 0 Å². The number of hydrogen-bond acceptors (Lipinski definition) is 6. The average molecular weight is 439 g/mol. The lowest BCUT2D eigenvalue weighted by molar-refractivity contribution is 0.0600. The number of nitrogens with one attached hydrogen (secondary N) is 1. The van der Waals surface area contributed by atoms with Crippen LogP contribution >= 0.6 is 11.6 Å². The monoisotopic (exact) mass is 438 g/mol. The number of nitrogens with zero attached hydrogens (tertiary/aromatic N) is 1. The quantitative estimate of drug-likeness (QED) is 0.697. The lowest BCUT2D eigenvalue weighted by Gasteiger charge is -2.34. The summed E-state index contributed by atoms with van der Waals surface area (Å²) < 4.78 is 38.2. The first-order valence-electron chi connectivity index (χ1n) is 9.13. The topological polar surface area (TPSA) is 84.9 Å². The molecule has 0 aliphatic carbocycles. The number of sulfonamides is 1. The van der Waals surface area contributed by atoms with Crippen LogP contribution in [0.15, 0.2) is 47.4 Å². The largest absolute Gasteiger partial charge is 0.497 e. The first-order valence-corrected chi connectivity index (χ1v) is 11.0. The molecule has 1 N–H and O–H groups in total. The predicted octanol–water partition coefficient (Wildman–Crippen LogP) is 3.08. The molecule has 0 unspecified atom stereocenters. The van der Waals surface area contributed by atoms with E-state index in [1.165, 1.54) is 25.3 Å². The Kier molecular flexibility index (Phi) is 6.66. The van der Waals surface area contributed by atoms with Gasteiger partial charge in [0.2, 0.25) is 10.0 Å². The van der Waals surface area contributed by atoms with Gasteiger partial charge in [-0.25, -0.2) is 17.9 Å². The van der Waals surface area contributed by atoms with E-state index in [1.807, 2.05) is 24.3 Å². The highest BCUT2D eigenvalue weighted by Crippen LogP contribution is 2.26. The number of carbonyl (C=O) groups excluding carboxylic acids is 1. The third-order valence-corrected chi connectivity index (χ3v) is 6.90. The van der Waals surface area contributed by atoms with Crippen molar-refractivity contribution in [3.05, 3.63) is 53.1 Å². The highest BCUT2D eigenvalue weighted by atomic mass is 35.5. The van der Waals surface area contributed by atoms with Crippen LogP contribution in [0.4, 0.5) is 5.69 Å². The summed E-state index contributed by atoms with van der Waals surface area (Å²) in [5.41, 5.74) is 1.20.